The van der Waals surface area contributed by atoms with E-state index in [1.807, 2.05) is 55.5 Å². The van der Waals surface area contributed by atoms with Crippen LogP contribution in [0, 0.1) is 6.92 Å². The van der Waals surface area contributed by atoms with E-state index in [0.29, 0.717) is 35.8 Å². The average molecular weight is 478 g/mol. The first-order valence-electron chi connectivity index (χ1n) is 10.7. The normalized spacial score (nSPS) is 15.2. The van der Waals surface area contributed by atoms with Gasteiger partial charge in [-0.2, -0.15) is 0 Å². The van der Waals surface area contributed by atoms with Gasteiger partial charge in [-0.05, 0) is 31.5 Å². The van der Waals surface area contributed by atoms with Gasteiger partial charge in [0.05, 0.1) is 11.4 Å². The maximum atomic E-state index is 13.2. The van der Waals surface area contributed by atoms with Gasteiger partial charge < -0.3 is 20.2 Å². The second kappa shape index (κ2) is 9.52. The maximum Gasteiger partial charge on any atom is 0.276 e. The van der Waals surface area contributed by atoms with E-state index in [0.717, 1.165) is 23.2 Å². The summed E-state index contributed by atoms with van der Waals surface area (Å²) < 4.78 is 5.52. The number of carbonyl (C=O) groups is 1. The molecule has 1 unspecified atom stereocenters. The van der Waals surface area contributed by atoms with E-state index in [1.165, 1.54) is 6.39 Å². The van der Waals surface area contributed by atoms with Crippen molar-refractivity contribution in [3.05, 3.63) is 77.9 Å². The largest absolute Gasteiger partial charge is 0.507 e. The summed E-state index contributed by atoms with van der Waals surface area (Å²) in [6, 6.07) is 16.6. The highest BCUT2D eigenvalue weighted by molar-refractivity contribution is 5.97. The summed E-state index contributed by atoms with van der Waals surface area (Å²) in [5, 5.41) is 10.3. The SMILES string of the molecule is Cc1ccc(O)c(-c2cc(C3CCN(C(=O)c4ncoc4-c4ccccc4)C3)nc(N)n2)c1.Cl. The first kappa shape index (κ1) is 23.3. The fourth-order valence-electron chi connectivity index (χ4n) is 4.22. The molecule has 0 aliphatic carbocycles. The maximum absolute atomic E-state index is 13.2. The number of phenolic OH excluding ortho intramolecular Hbond substituents is 1. The van der Waals surface area contributed by atoms with Crippen LogP contribution in [0.1, 0.15) is 34.1 Å². The third-order valence-corrected chi connectivity index (χ3v) is 5.89. The van der Waals surface area contributed by atoms with Crippen molar-refractivity contribution < 1.29 is 14.3 Å². The standard InChI is InChI=1S/C25H23N5O3.ClH/c1-15-7-8-21(31)18(11-15)20-12-19(28-25(26)29-20)17-9-10-30(13-17)24(32)22-23(33-14-27-22)16-5-3-2-4-6-16;/h2-8,11-12,14,17,31H,9-10,13H2,1H3,(H2,26,28,29);1H. The monoisotopic (exact) mass is 477 g/mol. The van der Waals surface area contributed by atoms with Crippen LogP contribution in [0.15, 0.2) is 65.4 Å². The number of benzene rings is 2. The van der Waals surface area contributed by atoms with E-state index in [1.54, 1.807) is 11.0 Å². The molecule has 2 aromatic carbocycles. The Balaban J connectivity index is 0.00000274. The molecule has 174 valence electrons. The van der Waals surface area contributed by atoms with Gasteiger partial charge in [0.2, 0.25) is 5.95 Å². The van der Waals surface area contributed by atoms with Crippen LogP contribution in [0.2, 0.25) is 0 Å². The fourth-order valence-corrected chi connectivity index (χ4v) is 4.22. The smallest absolute Gasteiger partial charge is 0.276 e. The molecule has 9 heteroatoms. The summed E-state index contributed by atoms with van der Waals surface area (Å²) in [5.74, 6) is 0.552. The molecule has 1 saturated heterocycles. The van der Waals surface area contributed by atoms with E-state index in [9.17, 15) is 9.90 Å². The molecule has 1 aliphatic heterocycles. The predicted octanol–water partition coefficient (Wildman–Crippen LogP) is 4.45. The molecule has 0 saturated carbocycles. The molecule has 1 fully saturated rings. The number of hydrogen-bond donors (Lipinski definition) is 2. The number of amides is 1. The van der Waals surface area contributed by atoms with Crippen LogP contribution in [-0.2, 0) is 0 Å². The Morgan fingerprint density at radius 2 is 1.94 bits per heavy atom. The number of likely N-dealkylation sites (tertiary alicyclic amines) is 1. The quantitative estimate of drug-likeness (QED) is 0.445. The molecular weight excluding hydrogens is 454 g/mol. The minimum Gasteiger partial charge on any atom is -0.507 e. The summed E-state index contributed by atoms with van der Waals surface area (Å²) in [7, 11) is 0. The van der Waals surface area contributed by atoms with Crippen molar-refractivity contribution in [3.8, 4) is 28.3 Å². The van der Waals surface area contributed by atoms with E-state index in [-0.39, 0.29) is 35.9 Å². The number of phenols is 1. The van der Waals surface area contributed by atoms with E-state index >= 15 is 0 Å². The predicted molar refractivity (Wildman–Crippen MR) is 131 cm³/mol. The van der Waals surface area contributed by atoms with Crippen LogP contribution in [0.3, 0.4) is 0 Å². The summed E-state index contributed by atoms with van der Waals surface area (Å²) in [6.45, 7) is 3.00. The van der Waals surface area contributed by atoms with Crippen molar-refractivity contribution in [1.29, 1.82) is 0 Å². The van der Waals surface area contributed by atoms with Gasteiger partial charge in [0.15, 0.2) is 17.8 Å². The lowest BCUT2D eigenvalue weighted by Gasteiger charge is -2.16. The summed E-state index contributed by atoms with van der Waals surface area (Å²) >= 11 is 0. The summed E-state index contributed by atoms with van der Waals surface area (Å²) in [4.78, 5) is 27.9. The molecule has 4 aromatic rings. The molecule has 3 N–H and O–H groups in total. The van der Waals surface area contributed by atoms with Gasteiger partial charge in [0.1, 0.15) is 5.75 Å². The van der Waals surface area contributed by atoms with Gasteiger partial charge in [-0.3, -0.25) is 4.79 Å². The van der Waals surface area contributed by atoms with Gasteiger partial charge in [-0.1, -0.05) is 42.0 Å². The number of aromatic hydroxyl groups is 1. The number of nitrogen functional groups attached to an aromatic ring is 1. The second-order valence-corrected chi connectivity index (χ2v) is 8.19. The number of aryl methyl sites for hydroxylation is 1. The number of hydrogen-bond acceptors (Lipinski definition) is 7. The fraction of sp³-hybridized carbons (Fsp3) is 0.200. The van der Waals surface area contributed by atoms with Crippen LogP contribution >= 0.6 is 12.4 Å². The Hall–Kier alpha value is -3.91. The van der Waals surface area contributed by atoms with Crippen LogP contribution in [0.25, 0.3) is 22.6 Å². The molecule has 1 atom stereocenters. The first-order chi connectivity index (χ1) is 16.0. The van der Waals surface area contributed by atoms with E-state index < -0.39 is 0 Å². The topological polar surface area (TPSA) is 118 Å². The Bertz CT molecular complexity index is 1330. The average Bonchev–Trinajstić information content (AvgIpc) is 3.51. The van der Waals surface area contributed by atoms with E-state index in [4.69, 9.17) is 10.2 Å². The van der Waals surface area contributed by atoms with Crippen LogP contribution in [-0.4, -0.2) is 44.0 Å². The molecule has 0 bridgehead atoms. The molecule has 0 radical (unpaired) electrons. The van der Waals surface area contributed by atoms with Crippen molar-refractivity contribution in [1.82, 2.24) is 19.9 Å². The van der Waals surface area contributed by atoms with Crippen LogP contribution < -0.4 is 5.73 Å². The number of nitrogens with two attached hydrogens (primary N) is 1. The molecule has 0 spiro atoms. The molecule has 3 heterocycles. The minimum atomic E-state index is -0.177. The third-order valence-electron chi connectivity index (χ3n) is 5.89. The molecule has 5 rings (SSSR count). The minimum absolute atomic E-state index is 0. The number of oxazole rings is 1. The Morgan fingerprint density at radius 1 is 1.15 bits per heavy atom. The first-order valence-corrected chi connectivity index (χ1v) is 10.7. The number of anilines is 1. The van der Waals surface area contributed by atoms with Crippen molar-refractivity contribution in [2.75, 3.05) is 18.8 Å². The zero-order valence-electron chi connectivity index (χ0n) is 18.5. The highest BCUT2D eigenvalue weighted by atomic mass is 35.5. The molecular formula is C25H24ClN5O3. The molecule has 34 heavy (non-hydrogen) atoms. The van der Waals surface area contributed by atoms with Gasteiger partial charge >= 0.3 is 0 Å². The number of rotatable bonds is 4. The zero-order chi connectivity index (χ0) is 22.9. The van der Waals surface area contributed by atoms with Crippen molar-refractivity contribution in [2.45, 2.75) is 19.3 Å². The second-order valence-electron chi connectivity index (χ2n) is 8.19. The van der Waals surface area contributed by atoms with Gasteiger partial charge in [0.25, 0.3) is 5.91 Å². The Kier molecular flexibility index (Phi) is 6.51. The summed E-state index contributed by atoms with van der Waals surface area (Å²) in [5.41, 5.74) is 10.0. The number of halogens is 1. The van der Waals surface area contributed by atoms with Crippen LogP contribution in [0.5, 0.6) is 5.75 Å². The van der Waals surface area contributed by atoms with Crippen molar-refractivity contribution in [2.24, 2.45) is 0 Å². The van der Waals surface area contributed by atoms with Gasteiger partial charge in [-0.15, -0.1) is 12.4 Å². The summed E-state index contributed by atoms with van der Waals surface area (Å²) in [6.07, 6.45) is 2.04. The Morgan fingerprint density at radius 3 is 2.74 bits per heavy atom. The van der Waals surface area contributed by atoms with Gasteiger partial charge in [-0.25, -0.2) is 15.0 Å². The highest BCUT2D eigenvalue weighted by Crippen LogP contribution is 2.34. The lowest BCUT2D eigenvalue weighted by molar-refractivity contribution is 0.0786. The molecule has 8 nitrogen and oxygen atoms in total. The lowest BCUT2D eigenvalue weighted by Crippen LogP contribution is -2.29. The highest BCUT2D eigenvalue weighted by Gasteiger charge is 2.32. The van der Waals surface area contributed by atoms with E-state index in [2.05, 4.69) is 15.0 Å². The molecule has 1 amide bonds. The number of carbonyl (C=O) groups excluding carboxylic acids is 1. The third kappa shape index (κ3) is 4.45. The number of nitrogens with zero attached hydrogens (tertiary/aromatic N) is 4. The molecule has 1 aliphatic rings. The van der Waals surface area contributed by atoms with Crippen molar-refractivity contribution >= 4 is 24.3 Å². The number of aromatic nitrogens is 3. The van der Waals surface area contributed by atoms with Crippen molar-refractivity contribution in [3.63, 3.8) is 0 Å². The molecule has 2 aromatic heterocycles. The van der Waals surface area contributed by atoms with Crippen LogP contribution in [0.4, 0.5) is 5.95 Å². The lowest BCUT2D eigenvalue weighted by atomic mass is 10.0. The Labute approximate surface area is 202 Å². The zero-order valence-corrected chi connectivity index (χ0v) is 19.3. The van der Waals surface area contributed by atoms with Gasteiger partial charge in [0, 0.05) is 30.1 Å².